The van der Waals surface area contributed by atoms with Crippen LogP contribution in [0.3, 0.4) is 0 Å². The van der Waals surface area contributed by atoms with Crippen LogP contribution >= 0.6 is 11.3 Å². The highest BCUT2D eigenvalue weighted by Gasteiger charge is 2.07. The van der Waals surface area contributed by atoms with Crippen LogP contribution in [-0.2, 0) is 13.0 Å². The minimum Gasteiger partial charge on any atom is -0.353 e. The highest BCUT2D eigenvalue weighted by atomic mass is 32.1. The Balaban J connectivity index is 1.36. The van der Waals surface area contributed by atoms with Crippen LogP contribution < -0.4 is 5.32 Å². The molecule has 0 aliphatic carbocycles. The lowest BCUT2D eigenvalue weighted by Gasteiger charge is -1.99. The molecule has 2 heterocycles. The zero-order valence-corrected chi connectivity index (χ0v) is 14.6. The minimum absolute atomic E-state index is 0.235. The fourth-order valence-corrected chi connectivity index (χ4v) is 3.32. The topological polar surface area (TPSA) is 66.5 Å². The van der Waals surface area contributed by atoms with Crippen LogP contribution in [0.2, 0.25) is 0 Å². The van der Waals surface area contributed by atoms with E-state index in [4.69, 9.17) is 0 Å². The molecule has 0 aliphatic heterocycles. The van der Waals surface area contributed by atoms with Crippen LogP contribution in [0, 0.1) is 5.82 Å². The molecule has 0 saturated carbocycles. The molecular weight excluding hydrogens is 349 g/mol. The maximum Gasteiger partial charge on any atom is 0.206 e. The maximum absolute atomic E-state index is 13.0. The molecular formula is C19H16FN5S. The van der Waals surface area contributed by atoms with E-state index in [0.717, 1.165) is 32.8 Å². The number of aromatic amines is 1. The van der Waals surface area contributed by atoms with Crippen molar-refractivity contribution in [3.05, 3.63) is 83.0 Å². The zero-order chi connectivity index (χ0) is 17.8. The lowest BCUT2D eigenvalue weighted by Crippen LogP contribution is -2.00. The molecule has 130 valence electrons. The lowest BCUT2D eigenvalue weighted by atomic mass is 10.2. The number of nitrogens with zero attached hydrogens (tertiary/aromatic N) is 3. The molecule has 2 aromatic heterocycles. The number of hydrogen-bond donors (Lipinski definition) is 2. The Labute approximate surface area is 154 Å². The van der Waals surface area contributed by atoms with E-state index >= 15 is 0 Å². The largest absolute Gasteiger partial charge is 0.353 e. The zero-order valence-electron chi connectivity index (χ0n) is 13.8. The molecule has 0 spiro atoms. The summed E-state index contributed by atoms with van der Waals surface area (Å²) in [6.07, 6.45) is 2.46. The van der Waals surface area contributed by atoms with Crippen LogP contribution in [0.5, 0.6) is 0 Å². The van der Waals surface area contributed by atoms with E-state index in [1.807, 2.05) is 36.5 Å². The van der Waals surface area contributed by atoms with Gasteiger partial charge in [-0.25, -0.2) is 9.37 Å². The molecule has 2 aromatic carbocycles. The highest BCUT2D eigenvalue weighted by Crippen LogP contribution is 2.20. The number of hydrogen-bond acceptors (Lipinski definition) is 5. The fraction of sp³-hybridized carbons (Fsp3) is 0.105. The first kappa shape index (κ1) is 16.4. The van der Waals surface area contributed by atoms with Crippen molar-refractivity contribution in [2.24, 2.45) is 0 Å². The molecule has 5 nitrogen and oxygen atoms in total. The Morgan fingerprint density at radius 1 is 1.00 bits per heavy atom. The molecule has 0 aliphatic rings. The van der Waals surface area contributed by atoms with Gasteiger partial charge in [0.15, 0.2) is 0 Å². The first-order valence-corrected chi connectivity index (χ1v) is 8.98. The summed E-state index contributed by atoms with van der Waals surface area (Å²) in [5, 5.41) is 13.2. The molecule has 0 bridgehead atoms. The number of benzene rings is 2. The van der Waals surface area contributed by atoms with Gasteiger partial charge in [-0.2, -0.15) is 0 Å². The van der Waals surface area contributed by atoms with E-state index in [1.54, 1.807) is 12.1 Å². The molecule has 0 amide bonds. The van der Waals surface area contributed by atoms with Crippen LogP contribution in [0.1, 0.15) is 16.4 Å². The molecule has 7 heteroatoms. The van der Waals surface area contributed by atoms with Gasteiger partial charge in [-0.15, -0.1) is 10.2 Å². The summed E-state index contributed by atoms with van der Waals surface area (Å²) >= 11 is 1.49. The van der Waals surface area contributed by atoms with Gasteiger partial charge in [0.2, 0.25) is 5.13 Å². The highest BCUT2D eigenvalue weighted by molar-refractivity contribution is 7.15. The average Bonchev–Trinajstić information content (AvgIpc) is 3.32. The summed E-state index contributed by atoms with van der Waals surface area (Å²) in [4.78, 5) is 7.69. The van der Waals surface area contributed by atoms with E-state index in [9.17, 15) is 4.39 Å². The van der Waals surface area contributed by atoms with Gasteiger partial charge in [0.05, 0.1) is 18.4 Å². The molecule has 26 heavy (non-hydrogen) atoms. The van der Waals surface area contributed by atoms with Crippen molar-refractivity contribution in [3.63, 3.8) is 0 Å². The van der Waals surface area contributed by atoms with Crippen molar-refractivity contribution >= 4 is 16.5 Å². The summed E-state index contributed by atoms with van der Waals surface area (Å²) in [5.74, 6) is 0.598. The molecule has 0 saturated heterocycles. The Morgan fingerprint density at radius 2 is 1.81 bits per heavy atom. The molecule has 2 N–H and O–H groups in total. The Bertz CT molecular complexity index is 979. The van der Waals surface area contributed by atoms with Gasteiger partial charge in [-0.05, 0) is 23.3 Å². The van der Waals surface area contributed by atoms with Gasteiger partial charge in [0.1, 0.15) is 16.6 Å². The summed E-state index contributed by atoms with van der Waals surface area (Å²) in [6.45, 7) is 0.540. The molecule has 0 radical (unpaired) electrons. The number of anilines is 1. The second-order valence-corrected chi connectivity index (χ2v) is 6.83. The van der Waals surface area contributed by atoms with E-state index in [0.29, 0.717) is 13.0 Å². The summed E-state index contributed by atoms with van der Waals surface area (Å²) in [6, 6.07) is 16.5. The number of nitrogens with one attached hydrogen (secondary N) is 2. The summed E-state index contributed by atoms with van der Waals surface area (Å²) in [5.41, 5.74) is 3.09. The van der Waals surface area contributed by atoms with Crippen LogP contribution in [0.15, 0.2) is 60.8 Å². The van der Waals surface area contributed by atoms with Gasteiger partial charge < -0.3 is 10.3 Å². The second kappa shape index (κ2) is 7.45. The SMILES string of the molecule is Fc1ccc(Cc2nnc(NCc3ncc(-c4ccccc4)[nH]3)s2)cc1. The Kier molecular flexibility index (Phi) is 4.70. The standard InChI is InChI=1S/C19H16FN5S/c20-15-8-6-13(7-9-15)10-18-24-25-19(26-18)22-12-17-21-11-16(23-17)14-4-2-1-3-5-14/h1-9,11H,10,12H2,(H,21,23)(H,22,25). The maximum atomic E-state index is 13.0. The van der Waals surface area contributed by atoms with Crippen molar-refractivity contribution < 1.29 is 4.39 Å². The number of rotatable bonds is 6. The summed E-state index contributed by atoms with van der Waals surface area (Å²) < 4.78 is 13.0. The first-order chi connectivity index (χ1) is 12.8. The Morgan fingerprint density at radius 3 is 2.62 bits per heavy atom. The molecule has 0 atom stereocenters. The summed E-state index contributed by atoms with van der Waals surface area (Å²) in [7, 11) is 0. The van der Waals surface area contributed by atoms with Crippen molar-refractivity contribution in [1.82, 2.24) is 20.2 Å². The van der Waals surface area contributed by atoms with Gasteiger partial charge in [-0.3, -0.25) is 0 Å². The van der Waals surface area contributed by atoms with Gasteiger partial charge in [0.25, 0.3) is 0 Å². The predicted octanol–water partition coefficient (Wildman–Crippen LogP) is 4.27. The third-order valence-corrected chi connectivity index (χ3v) is 4.74. The van der Waals surface area contributed by atoms with Crippen molar-refractivity contribution in [3.8, 4) is 11.3 Å². The number of aromatic nitrogens is 4. The third kappa shape index (κ3) is 3.94. The van der Waals surface area contributed by atoms with Gasteiger partial charge in [-0.1, -0.05) is 53.8 Å². The smallest absolute Gasteiger partial charge is 0.206 e. The number of imidazole rings is 1. The molecule has 4 rings (SSSR count). The third-order valence-electron chi connectivity index (χ3n) is 3.86. The molecule has 0 fully saturated rings. The molecule has 0 unspecified atom stereocenters. The predicted molar refractivity (Wildman–Crippen MR) is 100 cm³/mol. The monoisotopic (exact) mass is 365 g/mol. The van der Waals surface area contributed by atoms with Crippen molar-refractivity contribution in [2.45, 2.75) is 13.0 Å². The lowest BCUT2D eigenvalue weighted by molar-refractivity contribution is 0.627. The van der Waals surface area contributed by atoms with E-state index in [1.165, 1.54) is 23.5 Å². The van der Waals surface area contributed by atoms with Gasteiger partial charge >= 0.3 is 0 Å². The quantitative estimate of drug-likeness (QED) is 0.535. The van der Waals surface area contributed by atoms with E-state index in [2.05, 4.69) is 25.5 Å². The average molecular weight is 365 g/mol. The fourth-order valence-electron chi connectivity index (χ4n) is 2.55. The Hall–Kier alpha value is -3.06. The van der Waals surface area contributed by atoms with Crippen LogP contribution in [0.25, 0.3) is 11.3 Å². The number of H-pyrrole nitrogens is 1. The minimum atomic E-state index is -0.235. The number of halogens is 1. The van der Waals surface area contributed by atoms with E-state index in [-0.39, 0.29) is 5.82 Å². The normalized spacial score (nSPS) is 10.8. The van der Waals surface area contributed by atoms with Crippen molar-refractivity contribution in [2.75, 3.05) is 5.32 Å². The molecule has 4 aromatic rings. The van der Waals surface area contributed by atoms with Crippen LogP contribution in [-0.4, -0.2) is 20.2 Å². The van der Waals surface area contributed by atoms with Crippen molar-refractivity contribution in [1.29, 1.82) is 0 Å². The van der Waals surface area contributed by atoms with E-state index < -0.39 is 0 Å². The van der Waals surface area contributed by atoms with Crippen LogP contribution in [0.4, 0.5) is 9.52 Å². The van der Waals surface area contributed by atoms with Gasteiger partial charge in [0, 0.05) is 6.42 Å². The first-order valence-electron chi connectivity index (χ1n) is 8.16. The second-order valence-electron chi connectivity index (χ2n) is 5.77.